The Morgan fingerprint density at radius 2 is 1.95 bits per heavy atom. The average molecular weight is 262 g/mol. The smallest absolute Gasteiger partial charge is 0.357 e. The van der Waals surface area contributed by atoms with Crippen molar-refractivity contribution in [3.8, 4) is 0 Å². The maximum absolute atomic E-state index is 13.7. The van der Waals surface area contributed by atoms with E-state index < -0.39 is 17.5 Å². The van der Waals surface area contributed by atoms with Crippen molar-refractivity contribution in [2.24, 2.45) is 0 Å². The van der Waals surface area contributed by atoms with Gasteiger partial charge in [-0.1, -0.05) is 30.3 Å². The fraction of sp³-hybridized carbons (Fsp3) is 0.154. The summed E-state index contributed by atoms with van der Waals surface area (Å²) in [5.41, 5.74) is 0.229. The van der Waals surface area contributed by atoms with E-state index in [2.05, 4.69) is 9.97 Å². The van der Waals surface area contributed by atoms with Crippen molar-refractivity contribution in [3.05, 3.63) is 59.4 Å². The van der Waals surface area contributed by atoms with Crippen LogP contribution in [0.4, 0.5) is 4.39 Å². The number of ether oxygens (including phenoxy) is 1. The van der Waals surface area contributed by atoms with Gasteiger partial charge in [-0.2, -0.15) is 0 Å². The van der Waals surface area contributed by atoms with Gasteiger partial charge in [0.25, 0.3) is 0 Å². The Labute approximate surface area is 108 Å². The molecule has 1 N–H and O–H groups in total. The van der Waals surface area contributed by atoms with Gasteiger partial charge >= 0.3 is 5.97 Å². The van der Waals surface area contributed by atoms with E-state index in [9.17, 15) is 9.18 Å². The first kappa shape index (κ1) is 13.1. The molecule has 0 aliphatic rings. The Morgan fingerprint density at radius 1 is 1.21 bits per heavy atom. The van der Waals surface area contributed by atoms with Gasteiger partial charge in [0.05, 0.1) is 13.2 Å². The highest BCUT2D eigenvalue weighted by molar-refractivity contribution is 5.85. The lowest BCUT2D eigenvalue weighted by molar-refractivity contribution is 0.0681. The van der Waals surface area contributed by atoms with Crippen molar-refractivity contribution in [2.45, 2.75) is 13.2 Å². The molecule has 19 heavy (non-hydrogen) atoms. The van der Waals surface area contributed by atoms with Crippen molar-refractivity contribution in [1.82, 2.24) is 9.97 Å². The summed E-state index contributed by atoms with van der Waals surface area (Å²) in [5, 5.41) is 8.72. The third-order valence-corrected chi connectivity index (χ3v) is 2.41. The van der Waals surface area contributed by atoms with Crippen LogP contribution in [0.3, 0.4) is 0 Å². The van der Waals surface area contributed by atoms with Gasteiger partial charge in [0.2, 0.25) is 0 Å². The lowest BCUT2D eigenvalue weighted by atomic mass is 10.2. The molecule has 2 aromatic rings. The van der Waals surface area contributed by atoms with Gasteiger partial charge in [0.15, 0.2) is 11.5 Å². The van der Waals surface area contributed by atoms with Gasteiger partial charge in [-0.15, -0.1) is 0 Å². The molecule has 0 bridgehead atoms. The summed E-state index contributed by atoms with van der Waals surface area (Å²) in [6.45, 7) is 0.191. The van der Waals surface area contributed by atoms with Crippen molar-refractivity contribution < 1.29 is 19.0 Å². The maximum Gasteiger partial charge on any atom is 0.357 e. The molecule has 1 aromatic carbocycles. The molecular formula is C13H11FN2O3. The highest BCUT2D eigenvalue weighted by Crippen LogP contribution is 2.10. The molecule has 5 nitrogen and oxygen atoms in total. The third kappa shape index (κ3) is 3.32. The molecule has 1 aromatic heterocycles. The zero-order valence-electron chi connectivity index (χ0n) is 9.91. The van der Waals surface area contributed by atoms with Crippen LogP contribution in [0.25, 0.3) is 0 Å². The standard InChI is InChI=1S/C13H11FN2O3/c14-11-10(15-8-16-12(11)13(17)18)7-19-6-9-4-2-1-3-5-9/h1-5,8H,6-7H2,(H,17,18). The van der Waals surface area contributed by atoms with Gasteiger partial charge in [0.1, 0.15) is 12.0 Å². The minimum atomic E-state index is -1.43. The molecule has 0 radical (unpaired) electrons. The van der Waals surface area contributed by atoms with Gasteiger partial charge in [-0.05, 0) is 5.56 Å². The fourth-order valence-corrected chi connectivity index (χ4v) is 1.50. The normalized spacial score (nSPS) is 10.4. The van der Waals surface area contributed by atoms with E-state index >= 15 is 0 Å². The monoisotopic (exact) mass is 262 g/mol. The molecule has 0 fully saturated rings. The second-order valence-electron chi connectivity index (χ2n) is 3.77. The van der Waals surface area contributed by atoms with Crippen LogP contribution in [0, 0.1) is 5.82 Å². The lowest BCUT2D eigenvalue weighted by Crippen LogP contribution is -2.09. The minimum Gasteiger partial charge on any atom is -0.476 e. The zero-order chi connectivity index (χ0) is 13.7. The Morgan fingerprint density at radius 3 is 2.63 bits per heavy atom. The molecule has 0 unspecified atom stereocenters. The molecule has 0 saturated carbocycles. The number of carboxylic acid groups (broad SMARTS) is 1. The third-order valence-electron chi connectivity index (χ3n) is 2.41. The number of aromatic nitrogens is 2. The second-order valence-corrected chi connectivity index (χ2v) is 3.77. The van der Waals surface area contributed by atoms with E-state index in [1.54, 1.807) is 0 Å². The Kier molecular flexibility index (Phi) is 4.15. The van der Waals surface area contributed by atoms with Crippen molar-refractivity contribution in [1.29, 1.82) is 0 Å². The molecule has 0 amide bonds. The number of benzene rings is 1. The number of carbonyl (C=O) groups is 1. The largest absolute Gasteiger partial charge is 0.476 e. The van der Waals surface area contributed by atoms with Gasteiger partial charge < -0.3 is 9.84 Å². The quantitative estimate of drug-likeness (QED) is 0.892. The molecule has 1 heterocycles. The number of rotatable bonds is 5. The number of nitrogens with zero attached hydrogens (tertiary/aromatic N) is 2. The van der Waals surface area contributed by atoms with Gasteiger partial charge in [0, 0.05) is 0 Å². The molecule has 0 aliphatic heterocycles. The first-order valence-electron chi connectivity index (χ1n) is 5.53. The van der Waals surface area contributed by atoms with Crippen LogP contribution in [-0.4, -0.2) is 21.0 Å². The van der Waals surface area contributed by atoms with Crippen LogP contribution in [-0.2, 0) is 18.0 Å². The van der Waals surface area contributed by atoms with Crippen molar-refractivity contribution in [3.63, 3.8) is 0 Å². The predicted molar refractivity (Wildman–Crippen MR) is 63.9 cm³/mol. The van der Waals surface area contributed by atoms with Gasteiger partial charge in [-0.25, -0.2) is 19.2 Å². The highest BCUT2D eigenvalue weighted by atomic mass is 19.1. The van der Waals surface area contributed by atoms with Crippen LogP contribution >= 0.6 is 0 Å². The minimum absolute atomic E-state index is 0.0664. The molecule has 98 valence electrons. The topological polar surface area (TPSA) is 72.3 Å². The average Bonchev–Trinajstić information content (AvgIpc) is 2.41. The Bertz CT molecular complexity index is 575. The summed E-state index contributed by atoms with van der Waals surface area (Å²) < 4.78 is 19.0. The van der Waals surface area contributed by atoms with E-state index in [1.165, 1.54) is 0 Å². The maximum atomic E-state index is 13.7. The van der Waals surface area contributed by atoms with Crippen LogP contribution in [0.15, 0.2) is 36.7 Å². The second kappa shape index (κ2) is 6.01. The summed E-state index contributed by atoms with van der Waals surface area (Å²) >= 11 is 0. The molecular weight excluding hydrogens is 251 g/mol. The SMILES string of the molecule is O=C(O)c1ncnc(COCc2ccccc2)c1F. The van der Waals surface area contributed by atoms with Crippen molar-refractivity contribution in [2.75, 3.05) is 0 Å². The Hall–Kier alpha value is -2.34. The molecule has 0 saturated heterocycles. The van der Waals surface area contributed by atoms with E-state index in [1.807, 2.05) is 30.3 Å². The predicted octanol–water partition coefficient (Wildman–Crippen LogP) is 2.03. The number of carboxylic acids is 1. The van der Waals surface area contributed by atoms with Crippen LogP contribution in [0.2, 0.25) is 0 Å². The van der Waals surface area contributed by atoms with Gasteiger partial charge in [-0.3, -0.25) is 0 Å². The number of halogens is 1. The highest BCUT2D eigenvalue weighted by Gasteiger charge is 2.16. The zero-order valence-corrected chi connectivity index (χ0v) is 9.91. The number of aromatic carboxylic acids is 1. The summed E-state index contributed by atoms with van der Waals surface area (Å²) in [6, 6.07) is 9.36. The number of hydrogen-bond acceptors (Lipinski definition) is 4. The first-order valence-corrected chi connectivity index (χ1v) is 5.53. The molecule has 0 atom stereocenters. The van der Waals surface area contributed by atoms with Crippen LogP contribution in [0.5, 0.6) is 0 Å². The fourth-order valence-electron chi connectivity index (χ4n) is 1.50. The summed E-state index contributed by atoms with van der Waals surface area (Å²) in [5.74, 6) is -2.38. The van der Waals surface area contributed by atoms with E-state index in [0.29, 0.717) is 6.61 Å². The van der Waals surface area contributed by atoms with E-state index in [0.717, 1.165) is 11.9 Å². The van der Waals surface area contributed by atoms with Crippen LogP contribution in [0.1, 0.15) is 21.7 Å². The summed E-state index contributed by atoms with van der Waals surface area (Å²) in [7, 11) is 0. The first-order chi connectivity index (χ1) is 9.18. The summed E-state index contributed by atoms with van der Waals surface area (Å²) in [4.78, 5) is 17.7. The Balaban J connectivity index is 2.00. The summed E-state index contributed by atoms with van der Waals surface area (Å²) in [6.07, 6.45) is 1.01. The van der Waals surface area contributed by atoms with Crippen molar-refractivity contribution >= 4 is 5.97 Å². The van der Waals surface area contributed by atoms with E-state index in [4.69, 9.17) is 9.84 Å². The van der Waals surface area contributed by atoms with Crippen LogP contribution < -0.4 is 0 Å². The lowest BCUT2D eigenvalue weighted by Gasteiger charge is -2.05. The molecule has 0 spiro atoms. The number of hydrogen-bond donors (Lipinski definition) is 1. The molecule has 6 heteroatoms. The molecule has 0 aliphatic carbocycles. The van der Waals surface area contributed by atoms with E-state index in [-0.39, 0.29) is 12.3 Å². The molecule has 2 rings (SSSR count).